The van der Waals surface area contributed by atoms with E-state index >= 15 is 0 Å². The summed E-state index contributed by atoms with van der Waals surface area (Å²) in [6.45, 7) is 2.41. The molecule has 0 radical (unpaired) electrons. The zero-order valence-corrected chi connectivity index (χ0v) is 20.6. The number of nitrogens with zero attached hydrogens (tertiary/aromatic N) is 3. The molecule has 3 aromatic rings. The second-order valence-electron chi connectivity index (χ2n) is 8.56. The molecule has 2 aliphatic rings. The van der Waals surface area contributed by atoms with E-state index in [1.807, 2.05) is 48.5 Å². The second kappa shape index (κ2) is 10.3. The molecule has 2 amide bonds. The van der Waals surface area contributed by atoms with Crippen molar-refractivity contribution in [1.82, 2.24) is 4.90 Å². The first-order valence-corrected chi connectivity index (χ1v) is 12.1. The number of amides is 2. The Labute approximate surface area is 215 Å². The number of para-hydroxylation sites is 4. The Kier molecular flexibility index (Phi) is 6.82. The van der Waals surface area contributed by atoms with Crippen LogP contribution in [0.3, 0.4) is 0 Å². The number of hydrogen-bond donors (Lipinski definition) is 0. The highest BCUT2D eigenvalue weighted by Gasteiger charge is 2.33. The van der Waals surface area contributed by atoms with E-state index in [0.29, 0.717) is 42.6 Å². The van der Waals surface area contributed by atoms with Gasteiger partial charge in [-0.3, -0.25) is 14.5 Å². The number of hydrogen-bond acceptors (Lipinski definition) is 5. The lowest BCUT2D eigenvalue weighted by Gasteiger charge is -2.38. The van der Waals surface area contributed by atoms with Gasteiger partial charge in [0, 0.05) is 31.2 Å². The molecule has 2 aliphatic heterocycles. The molecule has 0 atom stereocenters. The normalized spacial score (nSPS) is 16.6. The second-order valence-corrected chi connectivity index (χ2v) is 9.00. The van der Waals surface area contributed by atoms with Gasteiger partial charge in [-0.25, -0.2) is 0 Å². The Morgan fingerprint density at radius 1 is 0.972 bits per heavy atom. The fraction of sp³-hybridized carbons (Fsp3) is 0.214. The molecule has 0 bridgehead atoms. The van der Waals surface area contributed by atoms with Gasteiger partial charge in [-0.05, 0) is 48.0 Å². The summed E-state index contributed by atoms with van der Waals surface area (Å²) in [4.78, 5) is 32.2. The topological polar surface area (TPSA) is 62.3 Å². The number of rotatable bonds is 5. The number of carbonyl (C=O) groups excluding carboxylic acids is 2. The van der Waals surface area contributed by atoms with Gasteiger partial charge in [0.05, 0.1) is 18.5 Å². The van der Waals surface area contributed by atoms with Gasteiger partial charge < -0.3 is 19.3 Å². The monoisotopic (exact) mass is 503 g/mol. The first kappa shape index (κ1) is 23.8. The Balaban J connectivity index is 1.32. The number of anilines is 2. The van der Waals surface area contributed by atoms with E-state index in [0.717, 1.165) is 17.0 Å². The average molecular weight is 504 g/mol. The standard InChI is InChI=1S/C28H26ClN3O4/c1-35-24-11-4-2-9-22(24)30-13-15-31(16-14-30)27(33)19-32-23-10-3-5-12-25(23)36-26(28(32)34)18-20-7-6-8-21(29)17-20/h2-12,17-18H,13-16,19H2,1H3/b26-18+. The Morgan fingerprint density at radius 3 is 2.44 bits per heavy atom. The van der Waals surface area contributed by atoms with Crippen LogP contribution in [0.5, 0.6) is 11.5 Å². The fourth-order valence-corrected chi connectivity index (χ4v) is 4.69. The molecule has 36 heavy (non-hydrogen) atoms. The number of carbonyl (C=O) groups is 2. The number of benzene rings is 3. The molecule has 184 valence electrons. The zero-order valence-electron chi connectivity index (χ0n) is 19.9. The highest BCUT2D eigenvalue weighted by molar-refractivity contribution is 6.30. The molecule has 0 N–H and O–H groups in total. The van der Waals surface area contributed by atoms with Crippen molar-refractivity contribution in [2.75, 3.05) is 49.6 Å². The quantitative estimate of drug-likeness (QED) is 0.481. The zero-order chi connectivity index (χ0) is 25.1. The van der Waals surface area contributed by atoms with E-state index < -0.39 is 0 Å². The third-order valence-corrected chi connectivity index (χ3v) is 6.57. The van der Waals surface area contributed by atoms with Crippen LogP contribution < -0.4 is 19.3 Å². The summed E-state index contributed by atoms with van der Waals surface area (Å²) in [5, 5.41) is 0.562. The van der Waals surface area contributed by atoms with Gasteiger partial charge in [-0.2, -0.15) is 0 Å². The van der Waals surface area contributed by atoms with Crippen molar-refractivity contribution in [3.8, 4) is 11.5 Å². The molecule has 5 rings (SSSR count). The first-order valence-electron chi connectivity index (χ1n) is 11.8. The summed E-state index contributed by atoms with van der Waals surface area (Å²) >= 11 is 6.10. The average Bonchev–Trinajstić information content (AvgIpc) is 2.91. The minimum Gasteiger partial charge on any atom is -0.495 e. The van der Waals surface area contributed by atoms with Crippen LogP contribution in [0.2, 0.25) is 5.02 Å². The van der Waals surface area contributed by atoms with E-state index in [1.54, 1.807) is 42.4 Å². The van der Waals surface area contributed by atoms with Crippen molar-refractivity contribution in [2.24, 2.45) is 0 Å². The summed E-state index contributed by atoms with van der Waals surface area (Å²) in [5.74, 6) is 1.01. The third-order valence-electron chi connectivity index (χ3n) is 6.33. The molecular formula is C28H26ClN3O4. The molecule has 0 aliphatic carbocycles. The predicted octanol–water partition coefficient (Wildman–Crippen LogP) is 4.46. The van der Waals surface area contributed by atoms with Crippen LogP contribution in [0.25, 0.3) is 6.08 Å². The molecular weight excluding hydrogens is 478 g/mol. The third kappa shape index (κ3) is 4.88. The van der Waals surface area contributed by atoms with Crippen LogP contribution >= 0.6 is 11.6 Å². The number of halogens is 1. The van der Waals surface area contributed by atoms with Gasteiger partial charge in [-0.1, -0.05) is 48.0 Å². The lowest BCUT2D eigenvalue weighted by molar-refractivity contribution is -0.131. The fourth-order valence-electron chi connectivity index (χ4n) is 4.49. The molecule has 1 saturated heterocycles. The molecule has 0 unspecified atom stereocenters. The summed E-state index contributed by atoms with van der Waals surface area (Å²) < 4.78 is 11.4. The number of ether oxygens (including phenoxy) is 2. The number of fused-ring (bicyclic) bond motifs is 1. The van der Waals surface area contributed by atoms with Crippen LogP contribution in [-0.2, 0) is 9.59 Å². The largest absolute Gasteiger partial charge is 0.495 e. The molecule has 0 aromatic heterocycles. The van der Waals surface area contributed by atoms with Gasteiger partial charge in [0.2, 0.25) is 5.91 Å². The SMILES string of the molecule is COc1ccccc1N1CCN(C(=O)CN2C(=O)/C(=C\c3cccc(Cl)c3)Oc3ccccc32)CC1. The molecule has 7 nitrogen and oxygen atoms in total. The van der Waals surface area contributed by atoms with Crippen molar-refractivity contribution in [2.45, 2.75) is 0 Å². The van der Waals surface area contributed by atoms with E-state index in [-0.39, 0.29) is 24.1 Å². The highest BCUT2D eigenvalue weighted by atomic mass is 35.5. The van der Waals surface area contributed by atoms with Crippen LogP contribution in [0.1, 0.15) is 5.56 Å². The summed E-state index contributed by atoms with van der Waals surface area (Å²) in [6.07, 6.45) is 1.65. The van der Waals surface area contributed by atoms with E-state index in [9.17, 15) is 9.59 Å². The lowest BCUT2D eigenvalue weighted by Crippen LogP contribution is -2.52. The Bertz CT molecular complexity index is 1320. The minimum absolute atomic E-state index is 0.0687. The maximum absolute atomic E-state index is 13.4. The molecule has 0 spiro atoms. The maximum atomic E-state index is 13.4. The van der Waals surface area contributed by atoms with Gasteiger partial charge in [0.15, 0.2) is 11.5 Å². The van der Waals surface area contributed by atoms with Gasteiger partial charge in [0.25, 0.3) is 5.91 Å². The van der Waals surface area contributed by atoms with Crippen LogP contribution in [-0.4, -0.2) is 56.5 Å². The van der Waals surface area contributed by atoms with Crippen molar-refractivity contribution in [3.05, 3.63) is 89.1 Å². The maximum Gasteiger partial charge on any atom is 0.294 e. The van der Waals surface area contributed by atoms with Crippen LogP contribution in [0.4, 0.5) is 11.4 Å². The summed E-state index contributed by atoms with van der Waals surface area (Å²) in [5.41, 5.74) is 2.33. The van der Waals surface area contributed by atoms with Crippen molar-refractivity contribution < 1.29 is 19.1 Å². The first-order chi connectivity index (χ1) is 17.5. The van der Waals surface area contributed by atoms with Gasteiger partial charge in [0.1, 0.15) is 12.3 Å². The van der Waals surface area contributed by atoms with Gasteiger partial charge >= 0.3 is 0 Å². The minimum atomic E-state index is -0.366. The molecule has 2 heterocycles. The number of methoxy groups -OCH3 is 1. The van der Waals surface area contributed by atoms with Gasteiger partial charge in [-0.15, -0.1) is 0 Å². The van der Waals surface area contributed by atoms with Crippen LogP contribution in [0.15, 0.2) is 78.6 Å². The van der Waals surface area contributed by atoms with E-state index in [4.69, 9.17) is 21.1 Å². The van der Waals surface area contributed by atoms with Crippen molar-refractivity contribution in [3.63, 3.8) is 0 Å². The van der Waals surface area contributed by atoms with E-state index in [2.05, 4.69) is 4.90 Å². The summed E-state index contributed by atoms with van der Waals surface area (Å²) in [7, 11) is 1.66. The molecule has 0 saturated carbocycles. The predicted molar refractivity (Wildman–Crippen MR) is 141 cm³/mol. The Morgan fingerprint density at radius 2 is 1.69 bits per heavy atom. The number of piperazine rings is 1. The molecule has 3 aromatic carbocycles. The lowest BCUT2D eigenvalue weighted by atomic mass is 10.1. The van der Waals surface area contributed by atoms with Crippen LogP contribution in [0, 0.1) is 0 Å². The highest BCUT2D eigenvalue weighted by Crippen LogP contribution is 2.36. The Hall–Kier alpha value is -3.97. The molecule has 1 fully saturated rings. The van der Waals surface area contributed by atoms with Crippen molar-refractivity contribution in [1.29, 1.82) is 0 Å². The van der Waals surface area contributed by atoms with Crippen molar-refractivity contribution >= 4 is 40.9 Å². The summed E-state index contributed by atoms with van der Waals surface area (Å²) in [6, 6.07) is 22.3. The smallest absolute Gasteiger partial charge is 0.294 e. The molecule has 8 heteroatoms. The van der Waals surface area contributed by atoms with E-state index in [1.165, 1.54) is 4.90 Å².